The smallest absolute Gasteiger partial charge is 0.261 e. The fourth-order valence-electron chi connectivity index (χ4n) is 2.17. The molecule has 1 aromatic heterocycles. The summed E-state index contributed by atoms with van der Waals surface area (Å²) in [6.07, 6.45) is 3.62. The second-order valence-corrected chi connectivity index (χ2v) is 6.00. The maximum atomic E-state index is 12.5. The van der Waals surface area contributed by atoms with Crippen molar-refractivity contribution < 1.29 is 0 Å². The lowest BCUT2D eigenvalue weighted by Crippen LogP contribution is -2.21. The van der Waals surface area contributed by atoms with Crippen molar-refractivity contribution >= 4 is 34.3 Å². The highest BCUT2D eigenvalue weighted by Crippen LogP contribution is 2.16. The molecule has 0 radical (unpaired) electrons. The minimum absolute atomic E-state index is 0.0727. The van der Waals surface area contributed by atoms with Crippen molar-refractivity contribution in [1.82, 2.24) is 9.55 Å². The maximum Gasteiger partial charge on any atom is 0.261 e. The molecule has 0 spiro atoms. The van der Waals surface area contributed by atoms with Gasteiger partial charge in [0.05, 0.1) is 23.8 Å². The second-order valence-electron chi connectivity index (χ2n) is 4.69. The molecule has 0 saturated heterocycles. The number of thioether (sulfide) groups is 1. The Morgan fingerprint density at radius 1 is 1.19 bits per heavy atom. The Morgan fingerprint density at radius 3 is 2.67 bits per heavy atom. The number of nitrogens with zero attached hydrogens (tertiary/aromatic N) is 2. The lowest BCUT2D eigenvalue weighted by molar-refractivity contribution is 0.748. The monoisotopic (exact) mass is 316 g/mol. The topological polar surface area (TPSA) is 34.9 Å². The number of hydrogen-bond acceptors (Lipinski definition) is 3. The number of rotatable bonds is 3. The van der Waals surface area contributed by atoms with Crippen molar-refractivity contribution in [2.24, 2.45) is 0 Å². The SMILES string of the molecule is CSc1ccc(Cn2cnc3ccc(Cl)cc3c2=O)cc1. The van der Waals surface area contributed by atoms with Gasteiger partial charge in [0.1, 0.15) is 0 Å². The Morgan fingerprint density at radius 2 is 1.95 bits per heavy atom. The van der Waals surface area contributed by atoms with Crippen LogP contribution < -0.4 is 5.56 Å². The third kappa shape index (κ3) is 2.96. The highest BCUT2D eigenvalue weighted by molar-refractivity contribution is 7.98. The lowest BCUT2D eigenvalue weighted by Gasteiger charge is -2.07. The van der Waals surface area contributed by atoms with E-state index in [0.717, 1.165) is 5.56 Å². The fourth-order valence-corrected chi connectivity index (χ4v) is 2.75. The molecule has 0 aliphatic carbocycles. The summed E-state index contributed by atoms with van der Waals surface area (Å²) in [5.41, 5.74) is 1.66. The van der Waals surface area contributed by atoms with E-state index in [1.165, 1.54) is 4.90 Å². The second kappa shape index (κ2) is 5.92. The molecule has 0 fully saturated rings. The molecular formula is C16H13ClN2OS. The van der Waals surface area contributed by atoms with Crippen LogP contribution in [0.25, 0.3) is 10.9 Å². The highest BCUT2D eigenvalue weighted by atomic mass is 35.5. The molecular weight excluding hydrogens is 304 g/mol. The van der Waals surface area contributed by atoms with Crippen LogP contribution in [0.3, 0.4) is 0 Å². The largest absolute Gasteiger partial charge is 0.294 e. The normalized spacial score (nSPS) is 11.0. The van der Waals surface area contributed by atoms with Crippen LogP contribution in [-0.4, -0.2) is 15.8 Å². The van der Waals surface area contributed by atoms with E-state index in [2.05, 4.69) is 17.1 Å². The van der Waals surface area contributed by atoms with Gasteiger partial charge in [0, 0.05) is 9.92 Å². The standard InChI is InChI=1S/C16H13ClN2OS/c1-21-13-5-2-11(3-6-13)9-19-10-18-15-7-4-12(17)8-14(15)16(19)20/h2-8,10H,9H2,1H3. The van der Waals surface area contributed by atoms with Gasteiger partial charge in [-0.1, -0.05) is 23.7 Å². The Labute approximate surface area is 131 Å². The number of hydrogen-bond donors (Lipinski definition) is 0. The third-order valence-corrected chi connectivity index (χ3v) is 4.28. The molecule has 3 aromatic rings. The van der Waals surface area contributed by atoms with E-state index in [9.17, 15) is 4.79 Å². The first-order valence-corrected chi connectivity index (χ1v) is 8.05. The van der Waals surface area contributed by atoms with E-state index in [0.29, 0.717) is 22.5 Å². The predicted molar refractivity (Wildman–Crippen MR) is 88.3 cm³/mol. The van der Waals surface area contributed by atoms with Crippen LogP contribution in [0, 0.1) is 0 Å². The van der Waals surface area contributed by atoms with Crippen molar-refractivity contribution in [2.45, 2.75) is 11.4 Å². The van der Waals surface area contributed by atoms with Crippen LogP contribution in [0.15, 0.2) is 58.5 Å². The van der Waals surface area contributed by atoms with Gasteiger partial charge in [-0.15, -0.1) is 11.8 Å². The van der Waals surface area contributed by atoms with Crippen LogP contribution in [-0.2, 0) is 6.54 Å². The summed E-state index contributed by atoms with van der Waals surface area (Å²) in [5.74, 6) is 0. The summed E-state index contributed by atoms with van der Waals surface area (Å²) in [5, 5.41) is 1.09. The first kappa shape index (κ1) is 14.2. The van der Waals surface area contributed by atoms with Crippen LogP contribution in [0.4, 0.5) is 0 Å². The maximum absolute atomic E-state index is 12.5. The molecule has 0 bridgehead atoms. The van der Waals surface area contributed by atoms with Gasteiger partial charge in [0.15, 0.2) is 0 Å². The number of fused-ring (bicyclic) bond motifs is 1. The van der Waals surface area contributed by atoms with E-state index >= 15 is 0 Å². The fraction of sp³-hybridized carbons (Fsp3) is 0.125. The molecule has 0 saturated carbocycles. The van der Waals surface area contributed by atoms with Crippen molar-refractivity contribution in [2.75, 3.05) is 6.26 Å². The van der Waals surface area contributed by atoms with Crippen LogP contribution in [0.1, 0.15) is 5.56 Å². The molecule has 0 atom stereocenters. The molecule has 0 unspecified atom stereocenters. The Balaban J connectivity index is 2.00. The zero-order valence-corrected chi connectivity index (χ0v) is 13.0. The summed E-state index contributed by atoms with van der Waals surface area (Å²) < 4.78 is 1.60. The molecule has 0 aliphatic rings. The van der Waals surface area contributed by atoms with E-state index in [1.54, 1.807) is 40.9 Å². The Kier molecular flexibility index (Phi) is 3.99. The number of aromatic nitrogens is 2. The average molecular weight is 317 g/mol. The summed E-state index contributed by atoms with van der Waals surface area (Å²) in [6.45, 7) is 0.503. The van der Waals surface area contributed by atoms with Crippen molar-refractivity contribution in [3.63, 3.8) is 0 Å². The number of benzene rings is 2. The average Bonchev–Trinajstić information content (AvgIpc) is 2.51. The first-order valence-electron chi connectivity index (χ1n) is 6.45. The molecule has 0 N–H and O–H groups in total. The van der Waals surface area contributed by atoms with Gasteiger partial charge in [0.2, 0.25) is 0 Å². The summed E-state index contributed by atoms with van der Waals surface area (Å²) >= 11 is 7.65. The molecule has 3 nitrogen and oxygen atoms in total. The molecule has 5 heteroatoms. The minimum Gasteiger partial charge on any atom is -0.294 e. The minimum atomic E-state index is -0.0727. The summed E-state index contributed by atoms with van der Waals surface area (Å²) in [6, 6.07) is 13.3. The van der Waals surface area contributed by atoms with E-state index < -0.39 is 0 Å². The summed E-state index contributed by atoms with van der Waals surface area (Å²) in [7, 11) is 0. The van der Waals surface area contributed by atoms with Crippen LogP contribution in [0.2, 0.25) is 5.02 Å². The van der Waals surface area contributed by atoms with Crippen molar-refractivity contribution in [3.8, 4) is 0 Å². The van der Waals surface area contributed by atoms with Gasteiger partial charge in [-0.25, -0.2) is 4.98 Å². The molecule has 0 amide bonds. The molecule has 0 aliphatic heterocycles. The van der Waals surface area contributed by atoms with Gasteiger partial charge < -0.3 is 0 Å². The summed E-state index contributed by atoms with van der Waals surface area (Å²) in [4.78, 5) is 18.0. The van der Waals surface area contributed by atoms with Gasteiger partial charge in [-0.3, -0.25) is 9.36 Å². The predicted octanol–water partition coefficient (Wildman–Crippen LogP) is 3.82. The molecule has 2 aromatic carbocycles. The molecule has 21 heavy (non-hydrogen) atoms. The van der Waals surface area contributed by atoms with Crippen molar-refractivity contribution in [1.29, 1.82) is 0 Å². The van der Waals surface area contributed by atoms with E-state index in [-0.39, 0.29) is 5.56 Å². The van der Waals surface area contributed by atoms with Crippen molar-refractivity contribution in [3.05, 3.63) is 69.7 Å². The lowest BCUT2D eigenvalue weighted by atomic mass is 10.2. The molecule has 106 valence electrons. The van der Waals surface area contributed by atoms with Gasteiger partial charge >= 0.3 is 0 Å². The highest BCUT2D eigenvalue weighted by Gasteiger charge is 2.05. The quantitative estimate of drug-likeness (QED) is 0.689. The Hall–Kier alpha value is -1.78. The zero-order valence-electron chi connectivity index (χ0n) is 11.4. The van der Waals surface area contributed by atoms with Gasteiger partial charge in [-0.2, -0.15) is 0 Å². The third-order valence-electron chi connectivity index (χ3n) is 3.30. The molecule has 1 heterocycles. The first-order chi connectivity index (χ1) is 10.2. The molecule has 3 rings (SSSR count). The number of halogens is 1. The van der Waals surface area contributed by atoms with Crippen LogP contribution >= 0.6 is 23.4 Å². The van der Waals surface area contributed by atoms with Gasteiger partial charge in [0.25, 0.3) is 5.56 Å². The van der Waals surface area contributed by atoms with Gasteiger partial charge in [-0.05, 0) is 42.2 Å². The van der Waals surface area contributed by atoms with Crippen LogP contribution in [0.5, 0.6) is 0 Å². The zero-order chi connectivity index (χ0) is 14.8. The van der Waals surface area contributed by atoms with E-state index in [1.807, 2.05) is 18.4 Å². The Bertz CT molecular complexity index is 843. The van der Waals surface area contributed by atoms with E-state index in [4.69, 9.17) is 11.6 Å².